The fourth-order valence-electron chi connectivity index (χ4n) is 3.64. The normalized spacial score (nSPS) is 21.9. The lowest BCUT2D eigenvalue weighted by Gasteiger charge is -2.38. The minimum Gasteiger partial charge on any atom is -0.496 e. The first kappa shape index (κ1) is 15.4. The number of benzene rings is 1. The van der Waals surface area contributed by atoms with E-state index in [2.05, 4.69) is 43.9 Å². The highest BCUT2D eigenvalue weighted by Crippen LogP contribution is 2.38. The standard InChI is InChI=1S/C18H29NO/c1-5-10-19(11-6-2)15-12-14(3)16-8-7-9-18(20-4)17(16)13-15/h7-9,14-15H,5-6,10-13H2,1-4H3/t14-,15-/m0/s1. The van der Waals surface area contributed by atoms with E-state index in [0.29, 0.717) is 12.0 Å². The quantitative estimate of drug-likeness (QED) is 0.770. The van der Waals surface area contributed by atoms with Crippen molar-refractivity contribution in [3.05, 3.63) is 29.3 Å². The molecule has 0 saturated heterocycles. The summed E-state index contributed by atoms with van der Waals surface area (Å²) in [5.41, 5.74) is 2.93. The average Bonchev–Trinajstić information content (AvgIpc) is 2.46. The molecule has 0 aromatic heterocycles. The van der Waals surface area contributed by atoms with Gasteiger partial charge in [-0.25, -0.2) is 0 Å². The highest BCUT2D eigenvalue weighted by Gasteiger charge is 2.29. The van der Waals surface area contributed by atoms with Gasteiger partial charge in [-0.3, -0.25) is 0 Å². The second-order valence-corrected chi connectivity index (χ2v) is 6.06. The molecule has 0 saturated carbocycles. The van der Waals surface area contributed by atoms with E-state index in [0.717, 1.165) is 12.2 Å². The molecule has 1 aromatic rings. The summed E-state index contributed by atoms with van der Waals surface area (Å²) in [5, 5.41) is 0. The smallest absolute Gasteiger partial charge is 0.122 e. The maximum absolute atomic E-state index is 5.59. The van der Waals surface area contributed by atoms with Gasteiger partial charge in [0, 0.05) is 6.04 Å². The van der Waals surface area contributed by atoms with Gasteiger partial charge >= 0.3 is 0 Å². The molecule has 0 amide bonds. The number of hydrogen-bond acceptors (Lipinski definition) is 2. The molecule has 0 unspecified atom stereocenters. The van der Waals surface area contributed by atoms with Crippen molar-refractivity contribution in [1.29, 1.82) is 0 Å². The van der Waals surface area contributed by atoms with Gasteiger partial charge in [0.1, 0.15) is 5.75 Å². The summed E-state index contributed by atoms with van der Waals surface area (Å²) in [4.78, 5) is 2.69. The molecule has 0 fully saturated rings. The van der Waals surface area contributed by atoms with Gasteiger partial charge in [-0.1, -0.05) is 32.9 Å². The zero-order valence-corrected chi connectivity index (χ0v) is 13.5. The molecule has 2 rings (SSSR count). The summed E-state index contributed by atoms with van der Waals surface area (Å²) >= 11 is 0. The van der Waals surface area contributed by atoms with Crippen LogP contribution in [0.4, 0.5) is 0 Å². The Labute approximate surface area is 124 Å². The summed E-state index contributed by atoms with van der Waals surface area (Å²) in [6.07, 6.45) is 4.90. The Balaban J connectivity index is 2.24. The minimum absolute atomic E-state index is 0.634. The van der Waals surface area contributed by atoms with E-state index < -0.39 is 0 Å². The molecular weight excluding hydrogens is 246 g/mol. The van der Waals surface area contributed by atoms with Crippen LogP contribution >= 0.6 is 0 Å². The predicted molar refractivity (Wildman–Crippen MR) is 85.7 cm³/mol. The van der Waals surface area contributed by atoms with Gasteiger partial charge in [0.05, 0.1) is 7.11 Å². The Bertz CT molecular complexity index is 423. The number of ether oxygens (including phenoxy) is 1. The first-order valence-corrected chi connectivity index (χ1v) is 8.11. The maximum atomic E-state index is 5.59. The fourth-order valence-corrected chi connectivity index (χ4v) is 3.64. The van der Waals surface area contributed by atoms with Crippen LogP contribution in [0.3, 0.4) is 0 Å². The van der Waals surface area contributed by atoms with E-state index in [1.165, 1.54) is 43.5 Å². The lowest BCUT2D eigenvalue weighted by atomic mass is 9.80. The SMILES string of the molecule is CCCN(CCC)[C@@H]1Cc2c(OC)cccc2[C@@H](C)C1. The van der Waals surface area contributed by atoms with E-state index in [1.54, 1.807) is 7.11 Å². The van der Waals surface area contributed by atoms with Crippen LogP contribution in [0.15, 0.2) is 18.2 Å². The average molecular weight is 275 g/mol. The van der Waals surface area contributed by atoms with Crippen molar-refractivity contribution in [3.63, 3.8) is 0 Å². The predicted octanol–water partition coefficient (Wildman–Crippen LogP) is 4.24. The molecule has 1 aliphatic rings. The van der Waals surface area contributed by atoms with Crippen LogP contribution in [-0.2, 0) is 6.42 Å². The highest BCUT2D eigenvalue weighted by atomic mass is 16.5. The monoisotopic (exact) mass is 275 g/mol. The highest BCUT2D eigenvalue weighted by molar-refractivity contribution is 5.44. The van der Waals surface area contributed by atoms with Crippen LogP contribution in [0.2, 0.25) is 0 Å². The third kappa shape index (κ3) is 3.17. The molecule has 0 aliphatic heterocycles. The molecule has 0 N–H and O–H groups in total. The molecule has 0 heterocycles. The third-order valence-corrected chi connectivity index (χ3v) is 4.52. The van der Waals surface area contributed by atoms with Crippen LogP contribution in [0.1, 0.15) is 57.1 Å². The number of fused-ring (bicyclic) bond motifs is 1. The van der Waals surface area contributed by atoms with Crippen LogP contribution in [-0.4, -0.2) is 31.1 Å². The number of hydrogen-bond donors (Lipinski definition) is 0. The van der Waals surface area contributed by atoms with E-state index in [1.807, 2.05) is 0 Å². The molecular formula is C18H29NO. The lowest BCUT2D eigenvalue weighted by Crippen LogP contribution is -2.41. The second kappa shape index (κ2) is 7.12. The van der Waals surface area contributed by atoms with Gasteiger partial charge in [-0.05, 0) is 61.9 Å². The molecule has 2 heteroatoms. The van der Waals surface area contributed by atoms with Crippen molar-refractivity contribution in [2.24, 2.45) is 0 Å². The third-order valence-electron chi connectivity index (χ3n) is 4.52. The number of methoxy groups -OCH3 is 1. The summed E-state index contributed by atoms with van der Waals surface area (Å²) in [6.45, 7) is 9.36. The lowest BCUT2D eigenvalue weighted by molar-refractivity contribution is 0.171. The Morgan fingerprint density at radius 3 is 2.50 bits per heavy atom. The van der Waals surface area contributed by atoms with Crippen molar-refractivity contribution < 1.29 is 4.74 Å². The Morgan fingerprint density at radius 1 is 1.20 bits per heavy atom. The zero-order chi connectivity index (χ0) is 14.5. The van der Waals surface area contributed by atoms with Crippen molar-refractivity contribution >= 4 is 0 Å². The largest absolute Gasteiger partial charge is 0.496 e. The first-order valence-electron chi connectivity index (χ1n) is 8.11. The Morgan fingerprint density at radius 2 is 1.90 bits per heavy atom. The second-order valence-electron chi connectivity index (χ2n) is 6.06. The molecule has 20 heavy (non-hydrogen) atoms. The van der Waals surface area contributed by atoms with Gasteiger partial charge in [0.15, 0.2) is 0 Å². The molecule has 1 aromatic carbocycles. The Hall–Kier alpha value is -1.02. The van der Waals surface area contributed by atoms with Gasteiger partial charge < -0.3 is 9.64 Å². The van der Waals surface area contributed by atoms with Crippen molar-refractivity contribution in [1.82, 2.24) is 4.90 Å². The van der Waals surface area contributed by atoms with Crippen molar-refractivity contribution in [3.8, 4) is 5.75 Å². The molecule has 2 atom stereocenters. The van der Waals surface area contributed by atoms with Gasteiger partial charge in [0.25, 0.3) is 0 Å². The van der Waals surface area contributed by atoms with Crippen LogP contribution in [0.25, 0.3) is 0 Å². The molecule has 0 spiro atoms. The van der Waals surface area contributed by atoms with Crippen molar-refractivity contribution in [2.45, 2.75) is 58.4 Å². The molecule has 0 radical (unpaired) electrons. The number of nitrogens with zero attached hydrogens (tertiary/aromatic N) is 1. The summed E-state index contributed by atoms with van der Waals surface area (Å²) in [6, 6.07) is 7.19. The van der Waals surface area contributed by atoms with Gasteiger partial charge in [-0.15, -0.1) is 0 Å². The number of rotatable bonds is 6. The molecule has 1 aliphatic carbocycles. The van der Waals surface area contributed by atoms with E-state index in [9.17, 15) is 0 Å². The maximum Gasteiger partial charge on any atom is 0.122 e. The zero-order valence-electron chi connectivity index (χ0n) is 13.5. The topological polar surface area (TPSA) is 12.5 Å². The minimum atomic E-state index is 0.634. The fraction of sp³-hybridized carbons (Fsp3) is 0.667. The van der Waals surface area contributed by atoms with E-state index in [-0.39, 0.29) is 0 Å². The van der Waals surface area contributed by atoms with E-state index in [4.69, 9.17) is 4.74 Å². The molecule has 112 valence electrons. The first-order chi connectivity index (χ1) is 9.71. The summed E-state index contributed by atoms with van der Waals surface area (Å²) in [5.74, 6) is 1.71. The summed E-state index contributed by atoms with van der Waals surface area (Å²) in [7, 11) is 1.79. The summed E-state index contributed by atoms with van der Waals surface area (Å²) < 4.78 is 5.59. The van der Waals surface area contributed by atoms with Gasteiger partial charge in [0.2, 0.25) is 0 Å². The van der Waals surface area contributed by atoms with Gasteiger partial charge in [-0.2, -0.15) is 0 Å². The Kier molecular flexibility index (Phi) is 5.47. The van der Waals surface area contributed by atoms with Crippen molar-refractivity contribution in [2.75, 3.05) is 20.2 Å². The molecule has 2 nitrogen and oxygen atoms in total. The van der Waals surface area contributed by atoms with Crippen LogP contribution < -0.4 is 4.74 Å². The van der Waals surface area contributed by atoms with Crippen LogP contribution in [0.5, 0.6) is 5.75 Å². The van der Waals surface area contributed by atoms with E-state index >= 15 is 0 Å². The molecule has 0 bridgehead atoms. The van der Waals surface area contributed by atoms with Crippen LogP contribution in [0, 0.1) is 0 Å².